The summed E-state index contributed by atoms with van der Waals surface area (Å²) in [5.41, 5.74) is 6.67. The lowest BCUT2D eigenvalue weighted by Gasteiger charge is -2.31. The van der Waals surface area contributed by atoms with E-state index in [0.29, 0.717) is 30.2 Å². The van der Waals surface area contributed by atoms with Crippen LogP contribution in [0, 0.1) is 0 Å². The number of anilines is 1. The van der Waals surface area contributed by atoms with Crippen LogP contribution in [0.2, 0.25) is 0 Å². The number of carbonyl (C=O) groups excluding carboxylic acids is 2. The largest absolute Gasteiger partial charge is 0.493 e. The molecular formula is C24H33N3O5. The molecule has 0 aliphatic rings. The number of hydrogen-bond acceptors (Lipinski definition) is 6. The molecule has 8 heteroatoms. The first-order valence-corrected chi connectivity index (χ1v) is 10.4. The number of hydrogen-bond donors (Lipinski definition) is 1. The van der Waals surface area contributed by atoms with E-state index in [-0.39, 0.29) is 6.04 Å². The highest BCUT2D eigenvalue weighted by Crippen LogP contribution is 2.28. The quantitative estimate of drug-likeness (QED) is 0.623. The predicted molar refractivity (Wildman–Crippen MR) is 124 cm³/mol. The Kier molecular flexibility index (Phi) is 8.34. The molecule has 2 rings (SSSR count). The smallest absolute Gasteiger partial charge is 0.414 e. The van der Waals surface area contributed by atoms with Crippen LogP contribution < -0.4 is 15.2 Å². The maximum Gasteiger partial charge on any atom is 0.414 e. The predicted octanol–water partition coefficient (Wildman–Crippen LogP) is 4.71. The summed E-state index contributed by atoms with van der Waals surface area (Å²) in [5, 5.41) is 0. The van der Waals surface area contributed by atoms with Crippen molar-refractivity contribution < 1.29 is 23.8 Å². The second-order valence-corrected chi connectivity index (χ2v) is 8.65. The molecule has 0 fully saturated rings. The summed E-state index contributed by atoms with van der Waals surface area (Å²) in [6.07, 6.45) is -0.383. The molecule has 0 aliphatic heterocycles. The van der Waals surface area contributed by atoms with E-state index in [4.69, 9.17) is 19.9 Å². The number of nitrogens with zero attached hydrogens (tertiary/aromatic N) is 2. The molecule has 2 amide bonds. The van der Waals surface area contributed by atoms with E-state index in [9.17, 15) is 9.59 Å². The molecule has 0 bridgehead atoms. The fraction of sp³-hybridized carbons (Fsp3) is 0.417. The number of carbonyl (C=O) groups is 2. The van der Waals surface area contributed by atoms with E-state index in [0.717, 1.165) is 5.56 Å². The molecule has 32 heavy (non-hydrogen) atoms. The minimum absolute atomic E-state index is 0.315. The lowest BCUT2D eigenvalue weighted by atomic mass is 10.0. The molecule has 0 saturated heterocycles. The Balaban J connectivity index is 2.17. The number of nitrogens with two attached hydrogens (primary N) is 1. The zero-order valence-electron chi connectivity index (χ0n) is 19.6. The summed E-state index contributed by atoms with van der Waals surface area (Å²) < 4.78 is 16.7. The average molecular weight is 444 g/mol. The highest BCUT2D eigenvalue weighted by atomic mass is 16.6. The molecule has 0 heterocycles. The third-order valence-electron chi connectivity index (χ3n) is 4.50. The SMILES string of the molecule is CN(C)C(=O)Oc1ccc(C(CCOc2cccc(N)c2)N(C)C(=O)OC(C)(C)C)cc1. The van der Waals surface area contributed by atoms with Crippen LogP contribution in [0.4, 0.5) is 15.3 Å². The summed E-state index contributed by atoms with van der Waals surface area (Å²) >= 11 is 0. The molecule has 0 saturated carbocycles. The zero-order valence-corrected chi connectivity index (χ0v) is 19.6. The standard InChI is InChI=1S/C24H33N3O5/c1-24(2,3)32-23(29)27(6)21(14-15-30-20-9-7-8-18(25)16-20)17-10-12-19(13-11-17)31-22(28)26(4)5/h7-13,16,21H,14-15,25H2,1-6H3. The molecule has 1 atom stereocenters. The van der Waals surface area contributed by atoms with Gasteiger partial charge in [0.15, 0.2) is 0 Å². The maximum absolute atomic E-state index is 12.7. The number of amides is 2. The van der Waals surface area contributed by atoms with Crippen molar-refractivity contribution in [3.05, 3.63) is 54.1 Å². The number of nitrogen functional groups attached to an aromatic ring is 1. The van der Waals surface area contributed by atoms with Gasteiger partial charge in [0.2, 0.25) is 0 Å². The highest BCUT2D eigenvalue weighted by Gasteiger charge is 2.26. The molecular weight excluding hydrogens is 410 g/mol. The second-order valence-electron chi connectivity index (χ2n) is 8.65. The molecule has 0 radical (unpaired) electrons. The fourth-order valence-corrected chi connectivity index (χ4v) is 2.89. The molecule has 0 spiro atoms. The van der Waals surface area contributed by atoms with Crippen molar-refractivity contribution >= 4 is 17.9 Å². The van der Waals surface area contributed by atoms with Gasteiger partial charge >= 0.3 is 12.2 Å². The van der Waals surface area contributed by atoms with E-state index in [1.807, 2.05) is 45.0 Å². The van der Waals surface area contributed by atoms with Gasteiger partial charge in [-0.05, 0) is 50.6 Å². The molecule has 2 aromatic rings. The van der Waals surface area contributed by atoms with Crippen molar-refractivity contribution in [2.45, 2.75) is 38.8 Å². The van der Waals surface area contributed by atoms with Gasteiger partial charge in [0.05, 0.1) is 12.6 Å². The Morgan fingerprint density at radius 2 is 1.62 bits per heavy atom. The van der Waals surface area contributed by atoms with Crippen LogP contribution in [0.5, 0.6) is 11.5 Å². The van der Waals surface area contributed by atoms with E-state index in [1.165, 1.54) is 4.90 Å². The minimum Gasteiger partial charge on any atom is -0.493 e. The van der Waals surface area contributed by atoms with Crippen molar-refractivity contribution in [3.63, 3.8) is 0 Å². The molecule has 0 aliphatic carbocycles. The zero-order chi connectivity index (χ0) is 23.9. The Labute approximate surface area is 189 Å². The molecule has 174 valence electrons. The van der Waals surface area contributed by atoms with Crippen molar-refractivity contribution in [2.75, 3.05) is 33.5 Å². The Hall–Kier alpha value is -3.42. The first kappa shape index (κ1) is 24.8. The van der Waals surface area contributed by atoms with Crippen LogP contribution in [0.25, 0.3) is 0 Å². The molecule has 2 aromatic carbocycles. The van der Waals surface area contributed by atoms with Gasteiger partial charge in [-0.25, -0.2) is 9.59 Å². The summed E-state index contributed by atoms with van der Waals surface area (Å²) in [6, 6.07) is 13.9. The fourth-order valence-electron chi connectivity index (χ4n) is 2.89. The normalized spacial score (nSPS) is 11.9. The van der Waals surface area contributed by atoms with E-state index in [2.05, 4.69) is 0 Å². The van der Waals surface area contributed by atoms with E-state index < -0.39 is 17.8 Å². The van der Waals surface area contributed by atoms with E-state index in [1.54, 1.807) is 50.3 Å². The number of benzene rings is 2. The molecule has 8 nitrogen and oxygen atoms in total. The summed E-state index contributed by atoms with van der Waals surface area (Å²) in [6.45, 7) is 5.83. The van der Waals surface area contributed by atoms with Crippen molar-refractivity contribution in [1.82, 2.24) is 9.80 Å². The van der Waals surface area contributed by atoms with Crippen LogP contribution in [-0.4, -0.2) is 55.3 Å². The summed E-state index contributed by atoms with van der Waals surface area (Å²) in [7, 11) is 4.92. The van der Waals surface area contributed by atoms with Gasteiger partial charge in [-0.1, -0.05) is 18.2 Å². The first-order valence-electron chi connectivity index (χ1n) is 10.4. The van der Waals surface area contributed by atoms with Crippen LogP contribution in [-0.2, 0) is 4.74 Å². The second kappa shape index (κ2) is 10.7. The topological polar surface area (TPSA) is 94.3 Å². The minimum atomic E-state index is -0.613. The van der Waals surface area contributed by atoms with Crippen molar-refractivity contribution in [2.24, 2.45) is 0 Å². The number of ether oxygens (including phenoxy) is 3. The Bertz CT molecular complexity index is 907. The average Bonchev–Trinajstić information content (AvgIpc) is 2.70. The Morgan fingerprint density at radius 3 is 2.19 bits per heavy atom. The molecule has 2 N–H and O–H groups in total. The van der Waals surface area contributed by atoms with Crippen LogP contribution >= 0.6 is 0 Å². The van der Waals surface area contributed by atoms with Gasteiger partial charge in [0.25, 0.3) is 0 Å². The van der Waals surface area contributed by atoms with Gasteiger partial charge in [-0.2, -0.15) is 0 Å². The lowest BCUT2D eigenvalue weighted by Crippen LogP contribution is -2.37. The third kappa shape index (κ3) is 7.68. The van der Waals surface area contributed by atoms with E-state index >= 15 is 0 Å². The third-order valence-corrected chi connectivity index (χ3v) is 4.50. The molecule has 1 unspecified atom stereocenters. The number of rotatable bonds is 7. The monoisotopic (exact) mass is 443 g/mol. The van der Waals surface area contributed by atoms with Gasteiger partial charge in [0.1, 0.15) is 17.1 Å². The first-order chi connectivity index (χ1) is 15.0. The van der Waals surface area contributed by atoms with Crippen LogP contribution in [0.3, 0.4) is 0 Å². The maximum atomic E-state index is 12.7. The lowest BCUT2D eigenvalue weighted by molar-refractivity contribution is 0.0201. The van der Waals surface area contributed by atoms with Gasteiger partial charge in [-0.15, -0.1) is 0 Å². The van der Waals surface area contributed by atoms with Crippen LogP contribution in [0.15, 0.2) is 48.5 Å². The summed E-state index contributed by atoms with van der Waals surface area (Å²) in [5.74, 6) is 1.08. The van der Waals surface area contributed by atoms with Gasteiger partial charge < -0.3 is 29.7 Å². The van der Waals surface area contributed by atoms with Gasteiger partial charge in [-0.3, -0.25) is 0 Å². The summed E-state index contributed by atoms with van der Waals surface area (Å²) in [4.78, 5) is 27.4. The van der Waals surface area contributed by atoms with Crippen molar-refractivity contribution in [1.29, 1.82) is 0 Å². The van der Waals surface area contributed by atoms with Crippen LogP contribution in [0.1, 0.15) is 38.8 Å². The Morgan fingerprint density at radius 1 is 0.969 bits per heavy atom. The van der Waals surface area contributed by atoms with Gasteiger partial charge in [0, 0.05) is 39.3 Å². The molecule has 0 aromatic heterocycles. The van der Waals surface area contributed by atoms with Crippen molar-refractivity contribution in [3.8, 4) is 11.5 Å². The highest BCUT2D eigenvalue weighted by molar-refractivity contribution is 5.70.